The number of carboxylic acids is 1. The summed E-state index contributed by atoms with van der Waals surface area (Å²) in [6.45, 7) is 1.95. The van der Waals surface area contributed by atoms with Crippen LogP contribution in [-0.4, -0.2) is 39.0 Å². The molecular formula is C25H25N5O5. The van der Waals surface area contributed by atoms with Crippen molar-refractivity contribution in [2.45, 2.75) is 32.6 Å². The number of benzene rings is 1. The second kappa shape index (κ2) is 10.6. The summed E-state index contributed by atoms with van der Waals surface area (Å²) in [4.78, 5) is 36.1. The molecule has 0 atom stereocenters. The maximum absolute atomic E-state index is 12.6. The molecule has 0 aliphatic rings. The number of methoxy groups -OCH3 is 1. The van der Waals surface area contributed by atoms with Gasteiger partial charge in [0, 0.05) is 18.3 Å². The fourth-order valence-electron chi connectivity index (χ4n) is 3.53. The zero-order valence-corrected chi connectivity index (χ0v) is 19.4. The molecule has 0 aliphatic carbocycles. The highest BCUT2D eigenvalue weighted by Gasteiger charge is 2.15. The number of ether oxygens (including phenoxy) is 1. The van der Waals surface area contributed by atoms with Crippen LogP contribution < -0.4 is 15.4 Å². The Morgan fingerprint density at radius 2 is 2.03 bits per heavy atom. The van der Waals surface area contributed by atoms with Crippen LogP contribution in [0.15, 0.2) is 53.3 Å². The monoisotopic (exact) mass is 475 g/mol. The van der Waals surface area contributed by atoms with Crippen molar-refractivity contribution in [3.8, 4) is 5.75 Å². The Morgan fingerprint density at radius 1 is 1.17 bits per heavy atom. The number of carbonyl (C=O) groups is 2. The van der Waals surface area contributed by atoms with Crippen molar-refractivity contribution in [3.05, 3.63) is 65.7 Å². The molecule has 10 heteroatoms. The van der Waals surface area contributed by atoms with Crippen LogP contribution in [0.3, 0.4) is 0 Å². The number of anilines is 3. The van der Waals surface area contributed by atoms with Crippen molar-refractivity contribution >= 4 is 40.4 Å². The van der Waals surface area contributed by atoms with Crippen molar-refractivity contribution in [2.75, 3.05) is 17.7 Å². The van der Waals surface area contributed by atoms with Crippen LogP contribution in [0.1, 0.15) is 29.7 Å². The number of oxazole rings is 1. The molecule has 1 amide bonds. The molecule has 3 heterocycles. The number of aliphatic carboxylic acids is 1. The number of hydrogen-bond acceptors (Lipinski definition) is 8. The molecule has 0 unspecified atom stereocenters. The first-order valence-corrected chi connectivity index (χ1v) is 11.0. The fourth-order valence-corrected chi connectivity index (χ4v) is 3.53. The van der Waals surface area contributed by atoms with Crippen LogP contribution in [0.25, 0.3) is 11.1 Å². The minimum Gasteiger partial charge on any atom is -0.494 e. The SMILES string of the molecule is COc1cc(CC(=O)Nc2ccc(CCCC(=O)O)nc2)cc2oc(Nc3cnccc3C)nc12. The van der Waals surface area contributed by atoms with Gasteiger partial charge >= 0.3 is 5.97 Å². The predicted molar refractivity (Wildman–Crippen MR) is 130 cm³/mol. The zero-order chi connectivity index (χ0) is 24.8. The molecule has 4 rings (SSSR count). The van der Waals surface area contributed by atoms with Gasteiger partial charge in [-0.3, -0.25) is 19.6 Å². The van der Waals surface area contributed by atoms with E-state index in [0.29, 0.717) is 47.0 Å². The van der Waals surface area contributed by atoms with Crippen molar-refractivity contribution < 1.29 is 23.8 Å². The molecule has 1 aromatic carbocycles. The molecule has 4 aromatic rings. The molecule has 0 fully saturated rings. The molecule has 180 valence electrons. The van der Waals surface area contributed by atoms with Gasteiger partial charge < -0.3 is 24.9 Å². The largest absolute Gasteiger partial charge is 0.494 e. The fraction of sp³-hybridized carbons (Fsp3) is 0.240. The maximum Gasteiger partial charge on any atom is 0.303 e. The molecule has 0 bridgehead atoms. The Bertz CT molecular complexity index is 1350. The van der Waals surface area contributed by atoms with Gasteiger partial charge in [-0.25, -0.2) is 0 Å². The van der Waals surface area contributed by atoms with Gasteiger partial charge in [0.15, 0.2) is 11.1 Å². The molecule has 0 saturated carbocycles. The minimum atomic E-state index is -0.829. The van der Waals surface area contributed by atoms with E-state index in [2.05, 4.69) is 25.6 Å². The third-order valence-electron chi connectivity index (χ3n) is 5.32. The first kappa shape index (κ1) is 23.7. The Kier molecular flexibility index (Phi) is 7.20. The lowest BCUT2D eigenvalue weighted by atomic mass is 10.1. The van der Waals surface area contributed by atoms with Gasteiger partial charge in [-0.1, -0.05) is 0 Å². The van der Waals surface area contributed by atoms with Crippen LogP contribution in [0.4, 0.5) is 17.4 Å². The van der Waals surface area contributed by atoms with Gasteiger partial charge in [0.25, 0.3) is 6.01 Å². The smallest absolute Gasteiger partial charge is 0.303 e. The summed E-state index contributed by atoms with van der Waals surface area (Å²) in [6.07, 6.45) is 6.23. The van der Waals surface area contributed by atoms with Gasteiger partial charge in [-0.2, -0.15) is 4.98 Å². The van der Waals surface area contributed by atoms with Crippen LogP contribution >= 0.6 is 0 Å². The first-order valence-electron chi connectivity index (χ1n) is 11.0. The minimum absolute atomic E-state index is 0.0951. The van der Waals surface area contributed by atoms with Gasteiger partial charge in [-0.15, -0.1) is 0 Å². The highest BCUT2D eigenvalue weighted by molar-refractivity contribution is 5.93. The van der Waals surface area contributed by atoms with Crippen LogP contribution in [0, 0.1) is 6.92 Å². The third-order valence-corrected chi connectivity index (χ3v) is 5.32. The predicted octanol–water partition coefficient (Wildman–Crippen LogP) is 4.27. The summed E-state index contributed by atoms with van der Waals surface area (Å²) in [5, 5.41) is 14.7. The summed E-state index contributed by atoms with van der Waals surface area (Å²) < 4.78 is 11.3. The normalized spacial score (nSPS) is 10.8. The van der Waals surface area contributed by atoms with E-state index in [1.807, 2.05) is 13.0 Å². The van der Waals surface area contributed by atoms with E-state index < -0.39 is 5.97 Å². The summed E-state index contributed by atoms with van der Waals surface area (Å²) in [5.41, 5.74) is 4.84. The van der Waals surface area contributed by atoms with E-state index >= 15 is 0 Å². The van der Waals surface area contributed by atoms with Crippen molar-refractivity contribution in [2.24, 2.45) is 0 Å². The number of rotatable bonds is 10. The second-order valence-corrected chi connectivity index (χ2v) is 7.99. The summed E-state index contributed by atoms with van der Waals surface area (Å²) in [5.74, 6) is -0.557. The standard InChI is InChI=1S/C25H25N5O5/c1-15-8-9-26-14-19(15)29-25-30-24-20(34-2)10-16(11-21(24)35-25)12-22(31)28-18-7-6-17(27-13-18)4-3-5-23(32)33/h6-11,13-14H,3-5,12H2,1-2H3,(H,28,31)(H,29,30)(H,32,33). The van der Waals surface area contributed by atoms with Gasteiger partial charge in [0.05, 0.1) is 37.3 Å². The highest BCUT2D eigenvalue weighted by atomic mass is 16.5. The van der Waals surface area contributed by atoms with E-state index in [1.54, 1.807) is 42.9 Å². The Labute approximate surface area is 201 Å². The summed E-state index contributed by atoms with van der Waals surface area (Å²) >= 11 is 0. The number of aromatic nitrogens is 3. The van der Waals surface area contributed by atoms with Crippen LogP contribution in [0.2, 0.25) is 0 Å². The van der Waals surface area contributed by atoms with Gasteiger partial charge in [-0.05, 0) is 61.2 Å². The number of carbonyl (C=O) groups excluding carboxylic acids is 1. The zero-order valence-electron chi connectivity index (χ0n) is 19.4. The molecule has 0 radical (unpaired) electrons. The number of aryl methyl sites for hydroxylation is 2. The number of fused-ring (bicyclic) bond motifs is 1. The molecule has 0 spiro atoms. The number of carboxylic acid groups (broad SMARTS) is 1. The molecule has 0 aliphatic heterocycles. The van der Waals surface area contributed by atoms with Gasteiger partial charge in [0.2, 0.25) is 5.91 Å². The summed E-state index contributed by atoms with van der Waals surface area (Å²) in [6, 6.07) is 9.22. The first-order chi connectivity index (χ1) is 16.9. The maximum atomic E-state index is 12.6. The molecule has 3 aromatic heterocycles. The average molecular weight is 476 g/mol. The third kappa shape index (κ3) is 6.11. The lowest BCUT2D eigenvalue weighted by Crippen LogP contribution is -2.14. The molecular weight excluding hydrogens is 450 g/mol. The number of nitrogens with one attached hydrogen (secondary N) is 2. The van der Waals surface area contributed by atoms with E-state index in [1.165, 1.54) is 7.11 Å². The molecule has 10 nitrogen and oxygen atoms in total. The van der Waals surface area contributed by atoms with E-state index in [4.69, 9.17) is 14.3 Å². The van der Waals surface area contributed by atoms with Crippen LogP contribution in [-0.2, 0) is 22.4 Å². The van der Waals surface area contributed by atoms with E-state index in [0.717, 1.165) is 16.9 Å². The van der Waals surface area contributed by atoms with Gasteiger partial charge in [0.1, 0.15) is 5.75 Å². The summed E-state index contributed by atoms with van der Waals surface area (Å²) in [7, 11) is 1.54. The highest BCUT2D eigenvalue weighted by Crippen LogP contribution is 2.31. The van der Waals surface area contributed by atoms with E-state index in [-0.39, 0.29) is 18.7 Å². The number of hydrogen-bond donors (Lipinski definition) is 3. The van der Waals surface area contributed by atoms with E-state index in [9.17, 15) is 9.59 Å². The Morgan fingerprint density at radius 3 is 2.74 bits per heavy atom. The van der Waals surface area contributed by atoms with Crippen molar-refractivity contribution in [1.82, 2.24) is 15.0 Å². The number of pyridine rings is 2. The molecule has 35 heavy (non-hydrogen) atoms. The Balaban J connectivity index is 1.43. The number of amides is 1. The lowest BCUT2D eigenvalue weighted by Gasteiger charge is -2.07. The molecule has 3 N–H and O–H groups in total. The number of nitrogens with zero attached hydrogens (tertiary/aromatic N) is 3. The second-order valence-electron chi connectivity index (χ2n) is 7.99. The van der Waals surface area contributed by atoms with Crippen molar-refractivity contribution in [1.29, 1.82) is 0 Å². The lowest BCUT2D eigenvalue weighted by molar-refractivity contribution is -0.137. The van der Waals surface area contributed by atoms with Crippen LogP contribution in [0.5, 0.6) is 5.75 Å². The Hall–Kier alpha value is -4.47. The quantitative estimate of drug-likeness (QED) is 0.307. The molecule has 0 saturated heterocycles. The topological polar surface area (TPSA) is 139 Å². The van der Waals surface area contributed by atoms with Crippen molar-refractivity contribution in [3.63, 3.8) is 0 Å². The average Bonchev–Trinajstić information content (AvgIpc) is 3.23.